The van der Waals surface area contributed by atoms with Crippen LogP contribution in [0.25, 0.3) is 0 Å². The van der Waals surface area contributed by atoms with Crippen LogP contribution in [-0.2, 0) is 0 Å². The first kappa shape index (κ1) is 14.9. The number of rotatable bonds is 4. The molecule has 0 saturated carbocycles. The second-order valence-corrected chi connectivity index (χ2v) is 4.98. The summed E-state index contributed by atoms with van der Waals surface area (Å²) in [7, 11) is 1.52. The number of Topliss-reactive ketones (excluding diaryl/α,β-unsaturated/α-hetero) is 1. The zero-order chi connectivity index (χ0) is 15.6. The average Bonchev–Trinajstić information content (AvgIpc) is 2.35. The third kappa shape index (κ3) is 3.34. The summed E-state index contributed by atoms with van der Waals surface area (Å²) in [6.45, 7) is 5.21. The molecule has 2 aromatic carbocycles. The Balaban J connectivity index is 2.41. The number of benzene rings is 2. The highest BCUT2D eigenvalue weighted by atomic mass is 16.5. The second-order valence-electron chi connectivity index (χ2n) is 4.98. The zero-order valence-corrected chi connectivity index (χ0v) is 12.6. The minimum atomic E-state index is -0.0518. The SMILES string of the molecule is COc1cc(Oc2cc(C)cc(O)c2)cc(C)c1C(C)=O. The number of carbonyl (C=O) groups is 1. The number of aromatic hydroxyl groups is 1. The van der Waals surface area contributed by atoms with Gasteiger partial charge in [-0.05, 0) is 50.1 Å². The highest BCUT2D eigenvalue weighted by Crippen LogP contribution is 2.33. The van der Waals surface area contributed by atoms with Crippen LogP contribution in [-0.4, -0.2) is 18.0 Å². The zero-order valence-electron chi connectivity index (χ0n) is 12.6. The molecule has 0 spiro atoms. The summed E-state index contributed by atoms with van der Waals surface area (Å²) in [4.78, 5) is 11.7. The molecule has 0 bridgehead atoms. The van der Waals surface area contributed by atoms with E-state index in [9.17, 15) is 9.90 Å². The molecule has 0 fully saturated rings. The van der Waals surface area contributed by atoms with Crippen molar-refractivity contribution < 1.29 is 19.4 Å². The van der Waals surface area contributed by atoms with Crippen molar-refractivity contribution in [3.05, 3.63) is 47.0 Å². The van der Waals surface area contributed by atoms with Gasteiger partial charge in [-0.1, -0.05) is 0 Å². The number of phenolic OH excluding ortho intramolecular Hbond substituents is 1. The molecule has 2 aromatic rings. The standard InChI is InChI=1S/C17H18O4/c1-10-5-13(19)8-14(6-10)21-15-7-11(2)17(12(3)18)16(9-15)20-4/h5-9,19H,1-4H3. The van der Waals surface area contributed by atoms with Crippen LogP contribution in [0.1, 0.15) is 28.4 Å². The predicted molar refractivity (Wildman–Crippen MR) is 80.7 cm³/mol. The van der Waals surface area contributed by atoms with E-state index in [0.29, 0.717) is 22.8 Å². The largest absolute Gasteiger partial charge is 0.508 e. The van der Waals surface area contributed by atoms with Crippen LogP contribution in [0, 0.1) is 13.8 Å². The molecular formula is C17H18O4. The van der Waals surface area contributed by atoms with Gasteiger partial charge in [-0.2, -0.15) is 0 Å². The Labute approximate surface area is 123 Å². The minimum Gasteiger partial charge on any atom is -0.508 e. The molecular weight excluding hydrogens is 268 g/mol. The summed E-state index contributed by atoms with van der Waals surface area (Å²) in [5.74, 6) is 1.66. The van der Waals surface area contributed by atoms with E-state index in [4.69, 9.17) is 9.47 Å². The fourth-order valence-electron chi connectivity index (χ4n) is 2.32. The lowest BCUT2D eigenvalue weighted by atomic mass is 10.0. The topological polar surface area (TPSA) is 55.8 Å². The fourth-order valence-corrected chi connectivity index (χ4v) is 2.32. The molecule has 0 aromatic heterocycles. The molecule has 0 atom stereocenters. The number of ketones is 1. The molecule has 4 nitrogen and oxygen atoms in total. The first-order valence-corrected chi connectivity index (χ1v) is 6.59. The molecule has 21 heavy (non-hydrogen) atoms. The van der Waals surface area contributed by atoms with Crippen molar-refractivity contribution in [3.63, 3.8) is 0 Å². The Hall–Kier alpha value is -2.49. The van der Waals surface area contributed by atoms with E-state index in [0.717, 1.165) is 11.1 Å². The normalized spacial score (nSPS) is 10.3. The molecule has 0 saturated heterocycles. The van der Waals surface area contributed by atoms with Crippen LogP contribution < -0.4 is 9.47 Å². The number of ether oxygens (including phenoxy) is 2. The quantitative estimate of drug-likeness (QED) is 0.863. The maximum Gasteiger partial charge on any atom is 0.163 e. The number of carbonyl (C=O) groups excluding carboxylic acids is 1. The third-order valence-corrected chi connectivity index (χ3v) is 3.12. The summed E-state index contributed by atoms with van der Waals surface area (Å²) < 4.78 is 11.0. The first-order chi connectivity index (χ1) is 9.90. The molecule has 0 unspecified atom stereocenters. The summed E-state index contributed by atoms with van der Waals surface area (Å²) in [5, 5.41) is 9.59. The number of hydrogen-bond donors (Lipinski definition) is 1. The number of aryl methyl sites for hydroxylation is 2. The van der Waals surface area contributed by atoms with Crippen molar-refractivity contribution in [2.24, 2.45) is 0 Å². The number of methoxy groups -OCH3 is 1. The lowest BCUT2D eigenvalue weighted by Crippen LogP contribution is -2.01. The van der Waals surface area contributed by atoms with Gasteiger partial charge < -0.3 is 14.6 Å². The molecule has 0 amide bonds. The summed E-state index contributed by atoms with van der Waals surface area (Å²) in [5.41, 5.74) is 2.24. The van der Waals surface area contributed by atoms with E-state index in [2.05, 4.69) is 0 Å². The number of hydrogen-bond acceptors (Lipinski definition) is 4. The van der Waals surface area contributed by atoms with Crippen LogP contribution >= 0.6 is 0 Å². The fraction of sp³-hybridized carbons (Fsp3) is 0.235. The Bertz CT molecular complexity index is 669. The molecule has 2 rings (SSSR count). The molecule has 110 valence electrons. The lowest BCUT2D eigenvalue weighted by Gasteiger charge is -2.13. The minimum absolute atomic E-state index is 0.0518. The van der Waals surface area contributed by atoms with Gasteiger partial charge in [0.2, 0.25) is 0 Å². The van der Waals surface area contributed by atoms with Crippen molar-refractivity contribution >= 4 is 5.78 Å². The van der Waals surface area contributed by atoms with E-state index in [1.54, 1.807) is 18.2 Å². The van der Waals surface area contributed by atoms with Crippen molar-refractivity contribution in [2.45, 2.75) is 20.8 Å². The van der Waals surface area contributed by atoms with Crippen LogP contribution in [0.3, 0.4) is 0 Å². The Morgan fingerprint density at radius 2 is 1.71 bits per heavy atom. The Kier molecular flexibility index (Phi) is 4.17. The van der Waals surface area contributed by atoms with Gasteiger partial charge in [-0.3, -0.25) is 4.79 Å². The maximum absolute atomic E-state index is 11.7. The molecule has 1 N–H and O–H groups in total. The molecule has 4 heteroatoms. The van der Waals surface area contributed by atoms with E-state index >= 15 is 0 Å². The Morgan fingerprint density at radius 1 is 1.05 bits per heavy atom. The third-order valence-electron chi connectivity index (χ3n) is 3.12. The van der Waals surface area contributed by atoms with Gasteiger partial charge in [0.05, 0.1) is 12.7 Å². The van der Waals surface area contributed by atoms with Gasteiger partial charge in [0.1, 0.15) is 23.0 Å². The van der Waals surface area contributed by atoms with Crippen molar-refractivity contribution in [1.29, 1.82) is 0 Å². The van der Waals surface area contributed by atoms with Gasteiger partial charge in [0, 0.05) is 12.1 Å². The lowest BCUT2D eigenvalue weighted by molar-refractivity contribution is 0.101. The van der Waals surface area contributed by atoms with Crippen LogP contribution in [0.5, 0.6) is 23.0 Å². The summed E-state index contributed by atoms with van der Waals surface area (Å²) >= 11 is 0. The monoisotopic (exact) mass is 286 g/mol. The van der Waals surface area contributed by atoms with Crippen molar-refractivity contribution in [2.75, 3.05) is 7.11 Å². The Morgan fingerprint density at radius 3 is 2.29 bits per heavy atom. The first-order valence-electron chi connectivity index (χ1n) is 6.59. The second kappa shape index (κ2) is 5.87. The van der Waals surface area contributed by atoms with Gasteiger partial charge in [-0.25, -0.2) is 0 Å². The summed E-state index contributed by atoms with van der Waals surface area (Å²) in [6.07, 6.45) is 0. The number of phenols is 1. The van der Waals surface area contributed by atoms with E-state index in [-0.39, 0.29) is 11.5 Å². The molecule has 0 aliphatic heterocycles. The highest BCUT2D eigenvalue weighted by molar-refractivity contribution is 5.98. The van der Waals surface area contributed by atoms with Crippen LogP contribution in [0.15, 0.2) is 30.3 Å². The molecule has 0 heterocycles. The summed E-state index contributed by atoms with van der Waals surface area (Å²) in [6, 6.07) is 8.45. The van der Waals surface area contributed by atoms with E-state index in [1.807, 2.05) is 19.9 Å². The van der Waals surface area contributed by atoms with E-state index < -0.39 is 0 Å². The van der Waals surface area contributed by atoms with Crippen LogP contribution in [0.4, 0.5) is 0 Å². The predicted octanol–water partition coefficient (Wildman–Crippen LogP) is 4.01. The molecule has 0 radical (unpaired) electrons. The smallest absolute Gasteiger partial charge is 0.163 e. The van der Waals surface area contributed by atoms with Crippen LogP contribution in [0.2, 0.25) is 0 Å². The van der Waals surface area contributed by atoms with Gasteiger partial charge in [0.25, 0.3) is 0 Å². The van der Waals surface area contributed by atoms with Crippen molar-refractivity contribution in [3.8, 4) is 23.0 Å². The highest BCUT2D eigenvalue weighted by Gasteiger charge is 2.14. The van der Waals surface area contributed by atoms with Gasteiger partial charge >= 0.3 is 0 Å². The molecule has 0 aliphatic rings. The van der Waals surface area contributed by atoms with E-state index in [1.165, 1.54) is 20.1 Å². The average molecular weight is 286 g/mol. The van der Waals surface area contributed by atoms with Gasteiger partial charge in [-0.15, -0.1) is 0 Å². The van der Waals surface area contributed by atoms with Crippen molar-refractivity contribution in [1.82, 2.24) is 0 Å². The van der Waals surface area contributed by atoms with Gasteiger partial charge in [0.15, 0.2) is 5.78 Å². The molecule has 0 aliphatic carbocycles. The maximum atomic E-state index is 11.7.